The van der Waals surface area contributed by atoms with Gasteiger partial charge in [0.15, 0.2) is 0 Å². The molecule has 0 spiro atoms. The van der Waals surface area contributed by atoms with Crippen molar-refractivity contribution in [3.05, 3.63) is 35.9 Å². The molecule has 0 fully saturated rings. The highest BCUT2D eigenvalue weighted by Gasteiger charge is 2.31. The Morgan fingerprint density at radius 1 is 1.11 bits per heavy atom. The molecular weight excluding hydrogens is 232 g/mol. The second-order valence-electron chi connectivity index (χ2n) is 5.57. The first kappa shape index (κ1) is 16.2. The fraction of sp³-hybridized carbons (Fsp3) is 0.647. The van der Waals surface area contributed by atoms with Crippen LogP contribution in [0.1, 0.15) is 45.1 Å². The summed E-state index contributed by atoms with van der Waals surface area (Å²) in [5.41, 5.74) is 7.62. The van der Waals surface area contributed by atoms with E-state index in [4.69, 9.17) is 5.73 Å². The first-order chi connectivity index (χ1) is 9.18. The zero-order valence-electron chi connectivity index (χ0n) is 12.9. The molecule has 0 bridgehead atoms. The first-order valence-corrected chi connectivity index (χ1v) is 7.63. The molecule has 0 heterocycles. The number of benzene rings is 1. The summed E-state index contributed by atoms with van der Waals surface area (Å²) >= 11 is 0. The minimum atomic E-state index is 0.106. The van der Waals surface area contributed by atoms with Crippen molar-refractivity contribution in [1.82, 2.24) is 4.90 Å². The number of hydrogen-bond acceptors (Lipinski definition) is 2. The fourth-order valence-corrected chi connectivity index (χ4v) is 2.71. The van der Waals surface area contributed by atoms with Gasteiger partial charge in [-0.1, -0.05) is 57.0 Å². The number of likely N-dealkylation sites (N-methyl/N-ethyl adjacent to an activating group) is 1. The maximum Gasteiger partial charge on any atom is 0.0366 e. The lowest BCUT2D eigenvalue weighted by molar-refractivity contribution is 0.118. The molecule has 1 rings (SSSR count). The standard InChI is InChI=1S/C17H30N2/c1-4-6-10-13-19(3)17(5-2,15-18)14-16-11-8-7-9-12-16/h7-9,11-12H,4-6,10,13-15,18H2,1-3H3. The average molecular weight is 262 g/mol. The van der Waals surface area contributed by atoms with E-state index in [9.17, 15) is 0 Å². The number of nitrogens with two attached hydrogens (primary N) is 1. The lowest BCUT2D eigenvalue weighted by Crippen LogP contribution is -2.53. The molecule has 108 valence electrons. The Morgan fingerprint density at radius 3 is 2.32 bits per heavy atom. The molecule has 1 aromatic rings. The molecule has 0 amide bonds. The molecule has 2 N–H and O–H groups in total. The molecule has 1 aromatic carbocycles. The predicted molar refractivity (Wildman–Crippen MR) is 84.4 cm³/mol. The van der Waals surface area contributed by atoms with Gasteiger partial charge in [-0.05, 0) is 38.4 Å². The maximum atomic E-state index is 6.13. The molecule has 0 radical (unpaired) electrons. The van der Waals surface area contributed by atoms with E-state index in [-0.39, 0.29) is 5.54 Å². The summed E-state index contributed by atoms with van der Waals surface area (Å²) in [6.45, 7) is 6.37. The summed E-state index contributed by atoms with van der Waals surface area (Å²) in [6, 6.07) is 10.7. The topological polar surface area (TPSA) is 29.3 Å². The minimum Gasteiger partial charge on any atom is -0.329 e. The second-order valence-corrected chi connectivity index (χ2v) is 5.57. The van der Waals surface area contributed by atoms with Crippen molar-refractivity contribution in [2.24, 2.45) is 5.73 Å². The van der Waals surface area contributed by atoms with E-state index < -0.39 is 0 Å². The molecule has 0 saturated carbocycles. The van der Waals surface area contributed by atoms with E-state index >= 15 is 0 Å². The van der Waals surface area contributed by atoms with Gasteiger partial charge in [-0.2, -0.15) is 0 Å². The largest absolute Gasteiger partial charge is 0.329 e. The Balaban J connectivity index is 2.72. The van der Waals surface area contributed by atoms with Gasteiger partial charge in [0.25, 0.3) is 0 Å². The van der Waals surface area contributed by atoms with Crippen LogP contribution in [0.5, 0.6) is 0 Å². The molecule has 1 atom stereocenters. The maximum absolute atomic E-state index is 6.13. The Labute approximate surface area is 119 Å². The highest BCUT2D eigenvalue weighted by atomic mass is 15.2. The summed E-state index contributed by atoms with van der Waals surface area (Å²) in [5.74, 6) is 0. The smallest absolute Gasteiger partial charge is 0.0366 e. The Kier molecular flexibility index (Phi) is 7.11. The van der Waals surface area contributed by atoms with Crippen molar-refractivity contribution in [3.63, 3.8) is 0 Å². The van der Waals surface area contributed by atoms with E-state index in [1.165, 1.54) is 24.8 Å². The van der Waals surface area contributed by atoms with Crippen LogP contribution in [-0.4, -0.2) is 30.6 Å². The van der Waals surface area contributed by atoms with Crippen molar-refractivity contribution >= 4 is 0 Å². The quantitative estimate of drug-likeness (QED) is 0.691. The van der Waals surface area contributed by atoms with E-state index in [1.54, 1.807) is 0 Å². The number of rotatable bonds is 9. The lowest BCUT2D eigenvalue weighted by Gasteiger charge is -2.41. The molecule has 0 aromatic heterocycles. The normalized spacial score (nSPS) is 14.6. The van der Waals surface area contributed by atoms with E-state index in [0.29, 0.717) is 0 Å². The molecule has 0 aliphatic heterocycles. The van der Waals surface area contributed by atoms with Crippen LogP contribution >= 0.6 is 0 Å². The SMILES string of the molecule is CCCCCN(C)C(CC)(CN)Cc1ccccc1. The Hall–Kier alpha value is -0.860. The van der Waals surface area contributed by atoms with Gasteiger partial charge in [-0.3, -0.25) is 4.90 Å². The second kappa shape index (κ2) is 8.34. The Bertz CT molecular complexity index is 330. The highest BCUT2D eigenvalue weighted by Crippen LogP contribution is 2.23. The molecule has 0 aliphatic rings. The van der Waals surface area contributed by atoms with Crippen molar-refractivity contribution in [2.45, 2.75) is 51.5 Å². The summed E-state index contributed by atoms with van der Waals surface area (Å²) in [5, 5.41) is 0. The van der Waals surface area contributed by atoms with Crippen LogP contribution in [0.25, 0.3) is 0 Å². The van der Waals surface area contributed by atoms with Crippen molar-refractivity contribution < 1.29 is 0 Å². The molecule has 2 heteroatoms. The van der Waals surface area contributed by atoms with E-state index in [0.717, 1.165) is 25.9 Å². The van der Waals surface area contributed by atoms with Crippen LogP contribution in [0.2, 0.25) is 0 Å². The number of hydrogen-bond donors (Lipinski definition) is 1. The molecule has 2 nitrogen and oxygen atoms in total. The number of unbranched alkanes of at least 4 members (excludes halogenated alkanes) is 2. The monoisotopic (exact) mass is 262 g/mol. The first-order valence-electron chi connectivity index (χ1n) is 7.63. The van der Waals surface area contributed by atoms with Gasteiger partial charge in [-0.15, -0.1) is 0 Å². The zero-order valence-corrected chi connectivity index (χ0v) is 12.9. The summed E-state index contributed by atoms with van der Waals surface area (Å²) < 4.78 is 0. The minimum absolute atomic E-state index is 0.106. The van der Waals surface area contributed by atoms with Crippen LogP contribution in [0.3, 0.4) is 0 Å². The van der Waals surface area contributed by atoms with Crippen molar-refractivity contribution in [3.8, 4) is 0 Å². The summed E-state index contributed by atoms with van der Waals surface area (Å²) in [4.78, 5) is 2.48. The summed E-state index contributed by atoms with van der Waals surface area (Å²) in [6.07, 6.45) is 5.99. The van der Waals surface area contributed by atoms with Gasteiger partial charge in [0.05, 0.1) is 0 Å². The van der Waals surface area contributed by atoms with Crippen molar-refractivity contribution in [2.75, 3.05) is 20.1 Å². The van der Waals surface area contributed by atoms with Gasteiger partial charge in [0, 0.05) is 12.1 Å². The van der Waals surface area contributed by atoms with Gasteiger partial charge in [-0.25, -0.2) is 0 Å². The number of nitrogens with zero attached hydrogens (tertiary/aromatic N) is 1. The molecule has 19 heavy (non-hydrogen) atoms. The third-order valence-corrected chi connectivity index (χ3v) is 4.32. The van der Waals surface area contributed by atoms with Crippen LogP contribution < -0.4 is 5.73 Å². The molecular formula is C17H30N2. The van der Waals surface area contributed by atoms with Crippen LogP contribution in [0, 0.1) is 0 Å². The molecule has 1 unspecified atom stereocenters. The van der Waals surface area contributed by atoms with Gasteiger partial charge < -0.3 is 5.73 Å². The van der Waals surface area contributed by atoms with Crippen LogP contribution in [0.4, 0.5) is 0 Å². The van der Waals surface area contributed by atoms with E-state index in [2.05, 4.69) is 56.1 Å². The molecule has 0 aliphatic carbocycles. The lowest BCUT2D eigenvalue weighted by atomic mass is 9.86. The zero-order chi connectivity index (χ0) is 14.1. The van der Waals surface area contributed by atoms with Gasteiger partial charge in [0.2, 0.25) is 0 Å². The average Bonchev–Trinajstić information content (AvgIpc) is 2.46. The summed E-state index contributed by atoms with van der Waals surface area (Å²) in [7, 11) is 2.23. The van der Waals surface area contributed by atoms with E-state index in [1.807, 2.05) is 0 Å². The van der Waals surface area contributed by atoms with Gasteiger partial charge in [0.1, 0.15) is 0 Å². The predicted octanol–water partition coefficient (Wildman–Crippen LogP) is 3.46. The Morgan fingerprint density at radius 2 is 1.79 bits per heavy atom. The molecule has 0 saturated heterocycles. The van der Waals surface area contributed by atoms with Crippen molar-refractivity contribution in [1.29, 1.82) is 0 Å². The fourth-order valence-electron chi connectivity index (χ4n) is 2.71. The van der Waals surface area contributed by atoms with Gasteiger partial charge >= 0.3 is 0 Å². The highest BCUT2D eigenvalue weighted by molar-refractivity contribution is 5.18. The third kappa shape index (κ3) is 4.63. The van der Waals surface area contributed by atoms with Crippen LogP contribution in [-0.2, 0) is 6.42 Å². The van der Waals surface area contributed by atoms with Crippen LogP contribution in [0.15, 0.2) is 30.3 Å². The third-order valence-electron chi connectivity index (χ3n) is 4.32.